The number of rotatable bonds is 9. The van der Waals surface area contributed by atoms with Crippen molar-refractivity contribution < 1.29 is 14.4 Å². The molecule has 1 unspecified atom stereocenters. The molecular formula is C28H31N3O3. The van der Waals surface area contributed by atoms with E-state index in [9.17, 15) is 14.4 Å². The first-order valence-corrected chi connectivity index (χ1v) is 11.7. The lowest BCUT2D eigenvalue weighted by atomic mass is 9.95. The summed E-state index contributed by atoms with van der Waals surface area (Å²) in [6.07, 6.45) is 5.09. The second-order valence-corrected chi connectivity index (χ2v) is 9.40. The van der Waals surface area contributed by atoms with Crippen LogP contribution in [0.4, 0.5) is 0 Å². The van der Waals surface area contributed by atoms with Crippen LogP contribution in [-0.2, 0) is 27.2 Å². The summed E-state index contributed by atoms with van der Waals surface area (Å²) in [7, 11) is 0. The molecule has 0 fully saturated rings. The normalized spacial score (nSPS) is 14.2. The number of amides is 1. The molecule has 0 bridgehead atoms. The summed E-state index contributed by atoms with van der Waals surface area (Å²) in [5, 5.41) is 2.00. The van der Waals surface area contributed by atoms with E-state index in [4.69, 9.17) is 5.73 Å². The van der Waals surface area contributed by atoms with Gasteiger partial charge in [-0.3, -0.25) is 14.4 Å². The van der Waals surface area contributed by atoms with Crippen LogP contribution in [0.3, 0.4) is 0 Å². The van der Waals surface area contributed by atoms with Crippen molar-refractivity contribution in [2.24, 2.45) is 17.6 Å². The molecule has 0 saturated carbocycles. The molecule has 4 aromatic rings. The van der Waals surface area contributed by atoms with E-state index in [0.717, 1.165) is 38.5 Å². The molecule has 1 amide bonds. The largest absolute Gasteiger partial charge is 0.368 e. The number of hydrogen-bond donors (Lipinski definition) is 2. The first kappa shape index (κ1) is 23.5. The third kappa shape index (κ3) is 4.28. The SMILES string of the molecule is CC(=O)[C@@H](C)Cc1c[nH]c2c(C(C(N)=O)n3cc(C[C@H](C)C(C)=O)c4ccccc43)cccc12. The van der Waals surface area contributed by atoms with Crippen LogP contribution in [0.15, 0.2) is 54.9 Å². The van der Waals surface area contributed by atoms with Crippen LogP contribution in [0.25, 0.3) is 21.8 Å². The zero-order chi connectivity index (χ0) is 24.6. The number of Topliss-reactive ketones (excluding diaryl/α,β-unsaturated/α-hetero) is 2. The van der Waals surface area contributed by atoms with Gasteiger partial charge in [0.2, 0.25) is 5.91 Å². The molecule has 3 atom stereocenters. The van der Waals surface area contributed by atoms with Crippen molar-refractivity contribution in [1.29, 1.82) is 0 Å². The van der Waals surface area contributed by atoms with Gasteiger partial charge in [0.15, 0.2) is 0 Å². The first-order chi connectivity index (χ1) is 16.2. The maximum Gasteiger partial charge on any atom is 0.245 e. The van der Waals surface area contributed by atoms with Crippen LogP contribution in [0.5, 0.6) is 0 Å². The number of fused-ring (bicyclic) bond motifs is 2. The van der Waals surface area contributed by atoms with E-state index in [2.05, 4.69) is 4.98 Å². The molecule has 0 aliphatic rings. The molecule has 0 spiro atoms. The van der Waals surface area contributed by atoms with Gasteiger partial charge in [-0.15, -0.1) is 0 Å². The topological polar surface area (TPSA) is 97.9 Å². The number of para-hydroxylation sites is 2. The van der Waals surface area contributed by atoms with Gasteiger partial charge in [0.05, 0.1) is 5.52 Å². The smallest absolute Gasteiger partial charge is 0.245 e. The average Bonchev–Trinajstić information content (AvgIpc) is 3.36. The Kier molecular flexibility index (Phi) is 6.42. The maximum absolute atomic E-state index is 12.9. The van der Waals surface area contributed by atoms with E-state index in [0.29, 0.717) is 12.8 Å². The van der Waals surface area contributed by atoms with Gasteiger partial charge in [-0.1, -0.05) is 50.2 Å². The summed E-state index contributed by atoms with van der Waals surface area (Å²) >= 11 is 0. The highest BCUT2D eigenvalue weighted by atomic mass is 16.1. The van der Waals surface area contributed by atoms with Crippen molar-refractivity contribution in [2.45, 2.75) is 46.6 Å². The lowest BCUT2D eigenvalue weighted by Crippen LogP contribution is -2.27. The van der Waals surface area contributed by atoms with Gasteiger partial charge in [0, 0.05) is 46.1 Å². The third-order valence-corrected chi connectivity index (χ3v) is 6.94. The van der Waals surface area contributed by atoms with E-state index < -0.39 is 11.9 Å². The number of carbonyl (C=O) groups excluding carboxylic acids is 3. The molecular weight excluding hydrogens is 426 g/mol. The molecule has 4 rings (SSSR count). The van der Waals surface area contributed by atoms with Crippen LogP contribution < -0.4 is 5.73 Å². The van der Waals surface area contributed by atoms with Crippen LogP contribution in [0.2, 0.25) is 0 Å². The Morgan fingerprint density at radius 2 is 1.50 bits per heavy atom. The molecule has 0 radical (unpaired) electrons. The van der Waals surface area contributed by atoms with Crippen molar-refractivity contribution in [2.75, 3.05) is 0 Å². The summed E-state index contributed by atoms with van der Waals surface area (Å²) in [5.74, 6) is -0.399. The summed E-state index contributed by atoms with van der Waals surface area (Å²) in [6.45, 7) is 7.05. The number of aromatic nitrogens is 2. The lowest BCUT2D eigenvalue weighted by Gasteiger charge is -2.18. The number of nitrogens with zero attached hydrogens (tertiary/aromatic N) is 1. The standard InChI is InChI=1S/C28H31N3O3/c1-16(18(3)32)12-20-14-30-26-23(20)9-7-10-24(26)27(28(29)34)31-15-21(13-17(2)19(4)33)22-8-5-6-11-25(22)31/h5-11,14-17,27,30H,12-13H2,1-4H3,(H2,29,34)/t16-,17-,27?/m0/s1. The minimum atomic E-state index is -0.730. The number of primary amides is 1. The zero-order valence-corrected chi connectivity index (χ0v) is 20.1. The summed E-state index contributed by atoms with van der Waals surface area (Å²) in [5.41, 5.74) is 10.6. The second-order valence-electron chi connectivity index (χ2n) is 9.40. The van der Waals surface area contributed by atoms with Crippen LogP contribution in [0.1, 0.15) is 50.4 Å². The summed E-state index contributed by atoms with van der Waals surface area (Å²) < 4.78 is 1.92. The molecule has 176 valence electrons. The molecule has 2 heterocycles. The minimum Gasteiger partial charge on any atom is -0.368 e. The molecule has 0 saturated heterocycles. The Bertz CT molecular complexity index is 1390. The van der Waals surface area contributed by atoms with Crippen molar-refractivity contribution in [3.63, 3.8) is 0 Å². The molecule has 6 nitrogen and oxygen atoms in total. The van der Waals surface area contributed by atoms with Crippen molar-refractivity contribution >= 4 is 39.3 Å². The number of aromatic amines is 1. The zero-order valence-electron chi connectivity index (χ0n) is 20.1. The van der Waals surface area contributed by atoms with Gasteiger partial charge in [0.1, 0.15) is 17.6 Å². The number of nitrogens with two attached hydrogens (primary N) is 1. The number of nitrogens with one attached hydrogen (secondary N) is 1. The molecule has 3 N–H and O–H groups in total. The highest BCUT2D eigenvalue weighted by molar-refractivity contribution is 5.95. The van der Waals surface area contributed by atoms with Crippen LogP contribution in [-0.4, -0.2) is 27.0 Å². The third-order valence-electron chi connectivity index (χ3n) is 6.94. The van der Waals surface area contributed by atoms with E-state index in [-0.39, 0.29) is 23.4 Å². The summed E-state index contributed by atoms with van der Waals surface area (Å²) in [4.78, 5) is 39.9. The maximum atomic E-state index is 12.9. The quantitative estimate of drug-likeness (QED) is 0.380. The Hall–Kier alpha value is -3.67. The Labute approximate surface area is 199 Å². The van der Waals surface area contributed by atoms with E-state index in [1.807, 2.05) is 73.3 Å². The summed E-state index contributed by atoms with van der Waals surface area (Å²) in [6, 6.07) is 13.0. The van der Waals surface area contributed by atoms with Gasteiger partial charge >= 0.3 is 0 Å². The van der Waals surface area contributed by atoms with Crippen molar-refractivity contribution in [3.05, 3.63) is 71.5 Å². The minimum absolute atomic E-state index is 0.0891. The monoisotopic (exact) mass is 457 g/mol. The molecule has 0 aliphatic heterocycles. The van der Waals surface area contributed by atoms with Gasteiger partial charge in [-0.05, 0) is 43.9 Å². The fourth-order valence-corrected chi connectivity index (χ4v) is 4.67. The Balaban J connectivity index is 1.85. The molecule has 0 aliphatic carbocycles. The highest BCUT2D eigenvalue weighted by Gasteiger charge is 2.26. The molecule has 2 aromatic heterocycles. The lowest BCUT2D eigenvalue weighted by molar-refractivity contribution is -0.121. The van der Waals surface area contributed by atoms with Gasteiger partial charge in [0.25, 0.3) is 0 Å². The Morgan fingerprint density at radius 3 is 2.15 bits per heavy atom. The fourth-order valence-electron chi connectivity index (χ4n) is 4.67. The predicted octanol–water partition coefficient (Wildman–Crippen LogP) is 4.73. The highest BCUT2D eigenvalue weighted by Crippen LogP contribution is 2.34. The van der Waals surface area contributed by atoms with Crippen LogP contribution in [0, 0.1) is 11.8 Å². The predicted molar refractivity (Wildman–Crippen MR) is 135 cm³/mol. The number of benzene rings is 2. The van der Waals surface area contributed by atoms with Crippen LogP contribution >= 0.6 is 0 Å². The molecule has 34 heavy (non-hydrogen) atoms. The van der Waals surface area contributed by atoms with E-state index in [1.165, 1.54) is 0 Å². The van der Waals surface area contributed by atoms with Gasteiger partial charge in [-0.2, -0.15) is 0 Å². The Morgan fingerprint density at radius 1 is 0.882 bits per heavy atom. The average molecular weight is 458 g/mol. The fraction of sp³-hybridized carbons (Fsp3) is 0.321. The second kappa shape index (κ2) is 9.29. The van der Waals surface area contributed by atoms with Gasteiger partial charge in [-0.25, -0.2) is 0 Å². The van der Waals surface area contributed by atoms with Crippen molar-refractivity contribution in [1.82, 2.24) is 9.55 Å². The number of ketones is 2. The van der Waals surface area contributed by atoms with Gasteiger partial charge < -0.3 is 15.3 Å². The number of hydrogen-bond acceptors (Lipinski definition) is 3. The molecule has 6 heteroatoms. The number of H-pyrrole nitrogens is 1. The molecule has 2 aromatic carbocycles. The number of carbonyl (C=O) groups is 3. The van der Waals surface area contributed by atoms with Crippen molar-refractivity contribution in [3.8, 4) is 0 Å². The first-order valence-electron chi connectivity index (χ1n) is 11.7. The van der Waals surface area contributed by atoms with E-state index in [1.54, 1.807) is 13.8 Å². The van der Waals surface area contributed by atoms with E-state index >= 15 is 0 Å².